The van der Waals surface area contributed by atoms with Gasteiger partial charge in [-0.25, -0.2) is 0 Å². The maximum absolute atomic E-state index is 11.1. The second-order valence-corrected chi connectivity index (χ2v) is 6.89. The molecule has 0 spiro atoms. The summed E-state index contributed by atoms with van der Waals surface area (Å²) in [6.07, 6.45) is -0.0417. The van der Waals surface area contributed by atoms with E-state index in [1.54, 1.807) is 28.4 Å². The third-order valence-electron chi connectivity index (χ3n) is 5.75. The minimum Gasteiger partial charge on any atom is -0.493 e. The van der Waals surface area contributed by atoms with Crippen LogP contribution in [0.15, 0.2) is 24.3 Å². The Hall–Kier alpha value is -2.44. The van der Waals surface area contributed by atoms with E-state index in [9.17, 15) is 5.11 Å². The summed E-state index contributed by atoms with van der Waals surface area (Å²) in [4.78, 5) is 0. The summed E-state index contributed by atoms with van der Waals surface area (Å²) in [7, 11) is 6.54. The van der Waals surface area contributed by atoms with Gasteiger partial charge in [0, 0.05) is 36.1 Å². The molecule has 0 saturated heterocycles. The van der Waals surface area contributed by atoms with Crippen LogP contribution >= 0.6 is 0 Å². The first-order valence-electron chi connectivity index (χ1n) is 9.03. The highest BCUT2D eigenvalue weighted by atomic mass is 16.5. The Morgan fingerprint density at radius 1 is 0.815 bits per heavy atom. The largest absolute Gasteiger partial charge is 0.493 e. The standard InChI is InChI=1S/C21H25NO5/c1-24-16-8-6-12-13(20(16)26-3)9-15(23)18-11-5-7-17(25-2)21(27-4)14(11)10-22-19(12)18/h5-8,15,18-19,22-23H,9-10H2,1-4H3/t15-,18-,19+/m1/s1. The summed E-state index contributed by atoms with van der Waals surface area (Å²) in [5.74, 6) is 2.75. The Labute approximate surface area is 159 Å². The van der Waals surface area contributed by atoms with Crippen LogP contribution < -0.4 is 24.3 Å². The molecule has 0 fully saturated rings. The van der Waals surface area contributed by atoms with Crippen molar-refractivity contribution >= 4 is 0 Å². The lowest BCUT2D eigenvalue weighted by Crippen LogP contribution is -2.42. The lowest BCUT2D eigenvalue weighted by molar-refractivity contribution is 0.106. The number of nitrogens with one attached hydrogen (secondary N) is 1. The molecule has 0 aromatic heterocycles. The molecule has 1 aliphatic carbocycles. The van der Waals surface area contributed by atoms with Crippen LogP contribution in [0.3, 0.4) is 0 Å². The molecule has 6 heteroatoms. The number of methoxy groups -OCH3 is 4. The van der Waals surface area contributed by atoms with Crippen molar-refractivity contribution in [2.45, 2.75) is 31.0 Å². The maximum Gasteiger partial charge on any atom is 0.165 e. The van der Waals surface area contributed by atoms with Crippen LogP contribution in [0.2, 0.25) is 0 Å². The van der Waals surface area contributed by atoms with Crippen molar-refractivity contribution < 1.29 is 24.1 Å². The van der Waals surface area contributed by atoms with E-state index in [-0.39, 0.29) is 12.0 Å². The molecule has 27 heavy (non-hydrogen) atoms. The number of ether oxygens (including phenoxy) is 4. The van der Waals surface area contributed by atoms with Gasteiger partial charge in [0.25, 0.3) is 0 Å². The van der Waals surface area contributed by atoms with Gasteiger partial charge in [0.15, 0.2) is 23.0 Å². The van der Waals surface area contributed by atoms with Gasteiger partial charge in [0.1, 0.15) is 0 Å². The van der Waals surface area contributed by atoms with Crippen molar-refractivity contribution in [1.82, 2.24) is 5.32 Å². The van der Waals surface area contributed by atoms with Gasteiger partial charge in [-0.2, -0.15) is 0 Å². The number of hydrogen-bond acceptors (Lipinski definition) is 6. The van der Waals surface area contributed by atoms with E-state index >= 15 is 0 Å². The predicted molar refractivity (Wildman–Crippen MR) is 101 cm³/mol. The Balaban J connectivity index is 1.84. The number of rotatable bonds is 4. The molecule has 2 aromatic rings. The van der Waals surface area contributed by atoms with Crippen LogP contribution in [-0.2, 0) is 13.0 Å². The summed E-state index contributed by atoms with van der Waals surface area (Å²) < 4.78 is 22.1. The number of fused-ring (bicyclic) bond motifs is 5. The van der Waals surface area contributed by atoms with E-state index in [1.807, 2.05) is 18.2 Å². The predicted octanol–water partition coefficient (Wildman–Crippen LogP) is 2.57. The van der Waals surface area contributed by atoms with E-state index in [4.69, 9.17) is 18.9 Å². The molecule has 0 radical (unpaired) electrons. The Kier molecular flexibility index (Phi) is 4.61. The zero-order valence-corrected chi connectivity index (χ0v) is 16.0. The van der Waals surface area contributed by atoms with Crippen LogP contribution in [0.1, 0.15) is 34.2 Å². The first-order valence-corrected chi connectivity index (χ1v) is 9.03. The van der Waals surface area contributed by atoms with Crippen LogP contribution in [0, 0.1) is 0 Å². The molecular formula is C21H25NO5. The molecule has 4 rings (SSSR count). The molecule has 0 saturated carbocycles. The highest BCUT2D eigenvalue weighted by Gasteiger charge is 2.42. The van der Waals surface area contributed by atoms with Crippen molar-refractivity contribution in [3.05, 3.63) is 46.5 Å². The topological polar surface area (TPSA) is 69.2 Å². The zero-order valence-electron chi connectivity index (χ0n) is 16.0. The monoisotopic (exact) mass is 371 g/mol. The highest BCUT2D eigenvalue weighted by molar-refractivity contribution is 5.58. The Bertz CT molecular complexity index is 866. The molecule has 0 amide bonds. The second kappa shape index (κ2) is 6.94. The quantitative estimate of drug-likeness (QED) is 0.861. The summed E-state index contributed by atoms with van der Waals surface area (Å²) in [6.45, 7) is 0.636. The number of aliphatic hydroxyl groups is 1. The third kappa shape index (κ3) is 2.63. The van der Waals surface area contributed by atoms with Gasteiger partial charge in [-0.05, 0) is 23.3 Å². The highest BCUT2D eigenvalue weighted by Crippen LogP contribution is 2.51. The van der Waals surface area contributed by atoms with Gasteiger partial charge in [-0.1, -0.05) is 12.1 Å². The van der Waals surface area contributed by atoms with Gasteiger partial charge >= 0.3 is 0 Å². The lowest BCUT2D eigenvalue weighted by atomic mass is 9.71. The number of hydrogen-bond donors (Lipinski definition) is 2. The molecule has 6 nitrogen and oxygen atoms in total. The van der Waals surface area contributed by atoms with E-state index < -0.39 is 6.10 Å². The fourth-order valence-corrected chi connectivity index (χ4v) is 4.60. The van der Waals surface area contributed by atoms with Crippen molar-refractivity contribution in [1.29, 1.82) is 0 Å². The normalized spacial score (nSPS) is 22.9. The SMILES string of the molecule is COc1ccc2c(c1OC)CN[C@H]1c3ccc(OC)c(OC)c3C[C@@H](O)[C@@H]21. The number of aliphatic hydroxyl groups excluding tert-OH is 1. The van der Waals surface area contributed by atoms with Crippen molar-refractivity contribution in [2.24, 2.45) is 0 Å². The molecule has 2 N–H and O–H groups in total. The van der Waals surface area contributed by atoms with Crippen LogP contribution in [0.5, 0.6) is 23.0 Å². The van der Waals surface area contributed by atoms with Gasteiger partial charge in [0.2, 0.25) is 0 Å². The second-order valence-electron chi connectivity index (χ2n) is 6.89. The fraction of sp³-hybridized carbons (Fsp3) is 0.429. The lowest BCUT2D eigenvalue weighted by Gasteiger charge is -2.43. The minimum atomic E-state index is -0.548. The molecule has 0 bridgehead atoms. The van der Waals surface area contributed by atoms with Crippen LogP contribution in [0.4, 0.5) is 0 Å². The third-order valence-corrected chi connectivity index (χ3v) is 5.75. The molecule has 0 unspecified atom stereocenters. The molecule has 1 heterocycles. The summed E-state index contributed by atoms with van der Waals surface area (Å²) >= 11 is 0. The average Bonchev–Trinajstić information content (AvgIpc) is 2.71. The first kappa shape index (κ1) is 17.9. The van der Waals surface area contributed by atoms with E-state index in [2.05, 4.69) is 11.4 Å². The molecule has 2 aliphatic rings. The van der Waals surface area contributed by atoms with Crippen LogP contribution in [-0.4, -0.2) is 39.6 Å². The van der Waals surface area contributed by atoms with E-state index in [0.717, 1.165) is 28.0 Å². The van der Waals surface area contributed by atoms with Crippen molar-refractivity contribution in [2.75, 3.05) is 28.4 Å². The Morgan fingerprint density at radius 3 is 2.00 bits per heavy atom. The molecule has 2 aromatic carbocycles. The first-order chi connectivity index (χ1) is 13.1. The molecule has 3 atom stereocenters. The minimum absolute atomic E-state index is 0.00541. The van der Waals surface area contributed by atoms with E-state index in [0.29, 0.717) is 30.2 Å². The maximum atomic E-state index is 11.1. The number of benzene rings is 2. The smallest absolute Gasteiger partial charge is 0.165 e. The van der Waals surface area contributed by atoms with E-state index in [1.165, 1.54) is 0 Å². The average molecular weight is 371 g/mol. The van der Waals surface area contributed by atoms with Gasteiger partial charge in [0.05, 0.1) is 34.5 Å². The summed E-state index contributed by atoms with van der Waals surface area (Å²) in [5.41, 5.74) is 4.29. The van der Waals surface area contributed by atoms with Crippen molar-refractivity contribution in [3.8, 4) is 23.0 Å². The van der Waals surface area contributed by atoms with Crippen molar-refractivity contribution in [3.63, 3.8) is 0 Å². The Morgan fingerprint density at radius 2 is 1.41 bits per heavy atom. The summed E-state index contributed by atoms with van der Waals surface area (Å²) in [5, 5.41) is 14.6. The molecular weight excluding hydrogens is 346 g/mol. The summed E-state index contributed by atoms with van der Waals surface area (Å²) in [6, 6.07) is 7.95. The van der Waals surface area contributed by atoms with Gasteiger partial charge in [-0.3, -0.25) is 0 Å². The van der Waals surface area contributed by atoms with Gasteiger partial charge in [-0.15, -0.1) is 0 Å². The fourth-order valence-electron chi connectivity index (χ4n) is 4.60. The molecule has 1 aliphatic heterocycles. The molecule has 144 valence electrons. The van der Waals surface area contributed by atoms with Gasteiger partial charge < -0.3 is 29.4 Å². The zero-order chi connectivity index (χ0) is 19.1. The van der Waals surface area contributed by atoms with Crippen LogP contribution in [0.25, 0.3) is 0 Å².